The number of amides is 1. The molecule has 202 valence electrons. The number of ether oxygens (including phenoxy) is 2. The molecule has 0 spiro atoms. The summed E-state index contributed by atoms with van der Waals surface area (Å²) in [5.74, 6) is -0.608. The lowest BCUT2D eigenvalue weighted by molar-refractivity contribution is -0.118. The first-order chi connectivity index (χ1) is 19.4. The van der Waals surface area contributed by atoms with E-state index in [-0.39, 0.29) is 18.8 Å². The SMILES string of the molecule is CCOC(=O)c1c(-c2ccc(Cl)cc2)csc1NC(=O)COc1ccc2c(-c3ccccc3)cc(=O)oc2c1C. The van der Waals surface area contributed by atoms with Gasteiger partial charge in [0.25, 0.3) is 5.91 Å². The van der Waals surface area contributed by atoms with Gasteiger partial charge in [0.05, 0.1) is 6.61 Å². The largest absolute Gasteiger partial charge is 0.483 e. The molecule has 0 bridgehead atoms. The van der Waals surface area contributed by atoms with Gasteiger partial charge in [-0.05, 0) is 54.8 Å². The summed E-state index contributed by atoms with van der Waals surface area (Å²) in [5, 5.41) is 6.24. The van der Waals surface area contributed by atoms with Crippen LogP contribution in [-0.4, -0.2) is 25.1 Å². The normalized spacial score (nSPS) is 10.9. The van der Waals surface area contributed by atoms with E-state index in [0.29, 0.717) is 32.5 Å². The van der Waals surface area contributed by atoms with Crippen molar-refractivity contribution in [1.29, 1.82) is 0 Å². The summed E-state index contributed by atoms with van der Waals surface area (Å²) in [5.41, 5.74) is 3.80. The maximum Gasteiger partial charge on any atom is 0.341 e. The second-order valence-corrected chi connectivity index (χ2v) is 10.1. The zero-order valence-electron chi connectivity index (χ0n) is 21.7. The summed E-state index contributed by atoms with van der Waals surface area (Å²) in [7, 11) is 0. The molecule has 7 nitrogen and oxygen atoms in total. The Labute approximate surface area is 238 Å². The van der Waals surface area contributed by atoms with Gasteiger partial charge in [-0.3, -0.25) is 4.79 Å². The Balaban J connectivity index is 1.38. The number of carbonyl (C=O) groups excluding carboxylic acids is 2. The molecule has 1 N–H and O–H groups in total. The van der Waals surface area contributed by atoms with E-state index in [9.17, 15) is 14.4 Å². The molecule has 5 aromatic rings. The molecule has 2 heterocycles. The van der Waals surface area contributed by atoms with Gasteiger partial charge in [0.2, 0.25) is 0 Å². The molecule has 1 amide bonds. The Kier molecular flexibility index (Phi) is 8.00. The second kappa shape index (κ2) is 11.8. The van der Waals surface area contributed by atoms with Crippen LogP contribution in [0.1, 0.15) is 22.8 Å². The maximum atomic E-state index is 12.9. The molecular weight excluding hydrogens is 550 g/mol. The fraction of sp³-hybridized carbons (Fsp3) is 0.129. The molecule has 0 saturated heterocycles. The minimum atomic E-state index is -0.542. The molecule has 0 radical (unpaired) electrons. The lowest BCUT2D eigenvalue weighted by atomic mass is 10.0. The van der Waals surface area contributed by atoms with E-state index >= 15 is 0 Å². The third-order valence-electron chi connectivity index (χ3n) is 6.23. The lowest BCUT2D eigenvalue weighted by Crippen LogP contribution is -2.21. The average molecular weight is 574 g/mol. The molecule has 0 fully saturated rings. The van der Waals surface area contributed by atoms with E-state index < -0.39 is 17.5 Å². The number of esters is 1. The van der Waals surface area contributed by atoms with Crippen LogP contribution in [0.5, 0.6) is 5.75 Å². The van der Waals surface area contributed by atoms with E-state index in [0.717, 1.165) is 22.1 Å². The van der Waals surface area contributed by atoms with Crippen molar-refractivity contribution < 1.29 is 23.5 Å². The van der Waals surface area contributed by atoms with Crippen LogP contribution in [0.15, 0.2) is 87.4 Å². The number of hydrogen-bond donors (Lipinski definition) is 1. The van der Waals surface area contributed by atoms with Crippen LogP contribution in [0.3, 0.4) is 0 Å². The topological polar surface area (TPSA) is 94.8 Å². The van der Waals surface area contributed by atoms with E-state index in [2.05, 4.69) is 5.32 Å². The molecule has 0 unspecified atom stereocenters. The number of aryl methyl sites for hydroxylation is 1. The van der Waals surface area contributed by atoms with Gasteiger partial charge in [-0.2, -0.15) is 0 Å². The quantitative estimate of drug-likeness (QED) is 0.154. The fourth-order valence-corrected chi connectivity index (χ4v) is 5.46. The summed E-state index contributed by atoms with van der Waals surface area (Å²) in [6.45, 7) is 3.35. The number of anilines is 1. The molecule has 0 saturated carbocycles. The van der Waals surface area contributed by atoms with Gasteiger partial charge in [0.1, 0.15) is 21.9 Å². The standard InChI is InChI=1S/C31H24ClNO6S/c1-3-37-31(36)28-24(20-9-11-21(32)12-10-20)17-40-30(28)33-26(34)16-38-25-14-13-22-23(19-7-5-4-6-8-19)15-27(35)39-29(22)18(25)2/h4-15,17H,3,16H2,1-2H3,(H,33,34). The molecule has 3 aromatic carbocycles. The predicted molar refractivity (Wildman–Crippen MR) is 158 cm³/mol. The highest BCUT2D eigenvalue weighted by molar-refractivity contribution is 7.15. The van der Waals surface area contributed by atoms with Crippen molar-refractivity contribution in [2.45, 2.75) is 13.8 Å². The first kappa shape index (κ1) is 27.2. The van der Waals surface area contributed by atoms with Gasteiger partial charge in [0.15, 0.2) is 6.61 Å². The first-order valence-corrected chi connectivity index (χ1v) is 13.7. The summed E-state index contributed by atoms with van der Waals surface area (Å²) in [6.07, 6.45) is 0. The predicted octanol–water partition coefficient (Wildman–Crippen LogP) is 7.34. The fourth-order valence-electron chi connectivity index (χ4n) is 4.36. The van der Waals surface area contributed by atoms with Crippen molar-refractivity contribution >= 4 is 50.8 Å². The zero-order chi connectivity index (χ0) is 28.2. The third kappa shape index (κ3) is 5.64. The molecule has 5 rings (SSSR count). The number of benzene rings is 3. The highest BCUT2D eigenvalue weighted by atomic mass is 35.5. The molecular formula is C31H24ClNO6S. The Hall–Kier alpha value is -4.40. The van der Waals surface area contributed by atoms with Gasteiger partial charge in [-0.1, -0.05) is 54.1 Å². The minimum Gasteiger partial charge on any atom is -0.483 e. The number of fused-ring (bicyclic) bond motifs is 1. The summed E-state index contributed by atoms with van der Waals surface area (Å²) >= 11 is 7.23. The third-order valence-corrected chi connectivity index (χ3v) is 7.38. The lowest BCUT2D eigenvalue weighted by Gasteiger charge is -2.13. The molecule has 9 heteroatoms. The first-order valence-electron chi connectivity index (χ1n) is 12.5. The van der Waals surface area contributed by atoms with Gasteiger partial charge in [-0.25, -0.2) is 9.59 Å². The number of hydrogen-bond acceptors (Lipinski definition) is 7. The Morgan fingerprint density at radius 3 is 2.42 bits per heavy atom. The number of nitrogens with one attached hydrogen (secondary N) is 1. The number of thiophene rings is 1. The molecule has 2 aromatic heterocycles. The summed E-state index contributed by atoms with van der Waals surface area (Å²) in [4.78, 5) is 38.1. The Bertz CT molecular complexity index is 1760. The van der Waals surface area contributed by atoms with Crippen molar-refractivity contribution in [2.24, 2.45) is 0 Å². The highest BCUT2D eigenvalue weighted by Gasteiger charge is 2.23. The van der Waals surface area contributed by atoms with Crippen LogP contribution >= 0.6 is 22.9 Å². The Morgan fingerprint density at radius 2 is 1.70 bits per heavy atom. The van der Waals surface area contributed by atoms with E-state index in [4.69, 9.17) is 25.5 Å². The molecule has 0 aliphatic rings. The molecule has 0 atom stereocenters. The average Bonchev–Trinajstić information content (AvgIpc) is 3.37. The smallest absolute Gasteiger partial charge is 0.341 e. The second-order valence-electron chi connectivity index (χ2n) is 8.83. The van der Waals surface area contributed by atoms with Crippen molar-refractivity contribution in [2.75, 3.05) is 18.5 Å². The summed E-state index contributed by atoms with van der Waals surface area (Å²) in [6, 6.07) is 21.6. The van der Waals surface area contributed by atoms with Crippen molar-refractivity contribution in [3.05, 3.63) is 105 Å². The van der Waals surface area contributed by atoms with Crippen molar-refractivity contribution in [3.63, 3.8) is 0 Å². The number of halogens is 1. The molecule has 40 heavy (non-hydrogen) atoms. The van der Waals surface area contributed by atoms with Crippen molar-refractivity contribution in [3.8, 4) is 28.0 Å². The molecule has 0 aliphatic heterocycles. The van der Waals surface area contributed by atoms with Crippen LogP contribution in [-0.2, 0) is 9.53 Å². The van der Waals surface area contributed by atoms with Crippen LogP contribution in [0.2, 0.25) is 5.02 Å². The summed E-state index contributed by atoms with van der Waals surface area (Å²) < 4.78 is 16.6. The van der Waals surface area contributed by atoms with E-state index in [1.54, 1.807) is 55.6 Å². The van der Waals surface area contributed by atoms with Crippen LogP contribution in [0, 0.1) is 6.92 Å². The van der Waals surface area contributed by atoms with Crippen LogP contribution in [0.25, 0.3) is 33.2 Å². The monoisotopic (exact) mass is 573 g/mol. The van der Waals surface area contributed by atoms with Crippen LogP contribution in [0.4, 0.5) is 5.00 Å². The van der Waals surface area contributed by atoms with Gasteiger partial charge >= 0.3 is 11.6 Å². The zero-order valence-corrected chi connectivity index (χ0v) is 23.2. The van der Waals surface area contributed by atoms with E-state index in [1.165, 1.54) is 17.4 Å². The van der Waals surface area contributed by atoms with E-state index in [1.807, 2.05) is 30.3 Å². The highest BCUT2D eigenvalue weighted by Crippen LogP contribution is 2.37. The van der Waals surface area contributed by atoms with Crippen LogP contribution < -0.4 is 15.7 Å². The van der Waals surface area contributed by atoms with Crippen molar-refractivity contribution in [1.82, 2.24) is 0 Å². The Morgan fingerprint density at radius 1 is 0.975 bits per heavy atom. The van der Waals surface area contributed by atoms with Gasteiger partial charge < -0.3 is 19.2 Å². The number of rotatable bonds is 8. The van der Waals surface area contributed by atoms with Gasteiger partial charge in [-0.15, -0.1) is 11.3 Å². The molecule has 0 aliphatic carbocycles. The maximum absolute atomic E-state index is 12.9. The van der Waals surface area contributed by atoms with Gasteiger partial charge in [0, 0.05) is 33.0 Å². The minimum absolute atomic E-state index is 0.189. The number of carbonyl (C=O) groups is 2.